The van der Waals surface area contributed by atoms with E-state index in [-0.39, 0.29) is 18.9 Å². The van der Waals surface area contributed by atoms with Crippen molar-refractivity contribution in [1.82, 2.24) is 0 Å². The van der Waals surface area contributed by atoms with Gasteiger partial charge in [-0.05, 0) is 0 Å². The van der Waals surface area contributed by atoms with Crippen LogP contribution >= 0.6 is 0 Å². The molecule has 18 heteroatoms. The van der Waals surface area contributed by atoms with Crippen LogP contribution in [-0.4, -0.2) is 121 Å². The molecule has 0 spiro atoms. The molecule has 0 aromatic carbocycles. The Labute approximate surface area is 121 Å². The van der Waals surface area contributed by atoms with Crippen molar-refractivity contribution in [2.24, 2.45) is 0 Å². The third kappa shape index (κ3) is 43100. The first-order valence-corrected chi connectivity index (χ1v) is 3.55. The second kappa shape index (κ2) is 36.2. The molecule has 0 saturated carbocycles. The predicted octanol–water partition coefficient (Wildman–Crippen LogP) is -9.25. The Morgan fingerprint density at radius 2 is 0.368 bits per heavy atom. The fourth-order valence-corrected chi connectivity index (χ4v) is 0. The van der Waals surface area contributed by atoms with Crippen LogP contribution < -0.4 is 0 Å². The van der Waals surface area contributed by atoms with Crippen molar-refractivity contribution in [2.45, 2.75) is 0 Å². The minimum absolute atomic E-state index is 0. The van der Waals surface area contributed by atoms with Gasteiger partial charge in [0.1, 0.15) is 0 Å². The zero-order valence-electron chi connectivity index (χ0n) is 9.12. The van der Waals surface area contributed by atoms with Crippen LogP contribution in [0.1, 0.15) is 0 Å². The molecule has 0 aliphatic carbocycles. The molecular formula is CH17B4LiO13. The van der Waals surface area contributed by atoms with Gasteiger partial charge in [-0.25, -0.2) is 0 Å². The van der Waals surface area contributed by atoms with Gasteiger partial charge in [0.15, 0.2) is 0 Å². The van der Waals surface area contributed by atoms with Crippen molar-refractivity contribution in [2.75, 3.05) is 7.11 Å². The van der Waals surface area contributed by atoms with E-state index in [1.807, 2.05) is 0 Å². The van der Waals surface area contributed by atoms with Crippen LogP contribution in [0, 0.1) is 0 Å². The summed E-state index contributed by atoms with van der Waals surface area (Å²) < 4.78 is 0. The third-order valence-electron chi connectivity index (χ3n) is 0. The van der Waals surface area contributed by atoms with Gasteiger partial charge < -0.3 is 65.4 Å². The summed E-state index contributed by atoms with van der Waals surface area (Å²) in [4.78, 5) is 0. The fourth-order valence-electron chi connectivity index (χ4n) is 0. The zero-order chi connectivity index (χ0) is 16.3. The molecule has 0 radical (unpaired) electrons. The first-order chi connectivity index (χ1) is 7.93. The van der Waals surface area contributed by atoms with E-state index in [0.717, 1.165) is 7.11 Å². The molecule has 0 heterocycles. The Morgan fingerprint density at radius 3 is 0.368 bits per heavy atom. The average molecular weight is 287 g/mol. The van der Waals surface area contributed by atoms with Crippen LogP contribution in [0.5, 0.6) is 0 Å². The SMILES string of the molecule is CO.OB(O)O.OB(O)O.OB(O)O.OB(O)O.[LiH]. The van der Waals surface area contributed by atoms with Crippen molar-refractivity contribution in [3.63, 3.8) is 0 Å². The first-order valence-electron chi connectivity index (χ1n) is 3.55. The molecule has 0 aliphatic rings. The average Bonchev–Trinajstić information content (AvgIpc) is 2.01. The molecule has 0 rings (SSSR count). The molecule has 0 unspecified atom stereocenters. The quantitative estimate of drug-likeness (QED) is 0.185. The third-order valence-corrected chi connectivity index (χ3v) is 0. The van der Waals surface area contributed by atoms with Crippen LogP contribution in [0.3, 0.4) is 0 Å². The van der Waals surface area contributed by atoms with Gasteiger partial charge >= 0.3 is 48.1 Å². The predicted molar refractivity (Wildman–Crippen MR) is 64.9 cm³/mol. The van der Waals surface area contributed by atoms with E-state index >= 15 is 0 Å². The standard InChI is InChI=1S/CH4O.4BH3O3.Li.H/c1-2;4*2-1(3)4;;/h2H,1H3;4*2-4H;;. The minimum atomic E-state index is -2.17. The molecule has 0 aliphatic heterocycles. The fraction of sp³-hybridized carbons (Fsp3) is 1.00. The number of hydrogen-bond acceptors (Lipinski definition) is 13. The summed E-state index contributed by atoms with van der Waals surface area (Å²) in [5.41, 5.74) is 0. The second-order valence-corrected chi connectivity index (χ2v) is 1.39. The summed E-state index contributed by atoms with van der Waals surface area (Å²) in [6.45, 7) is 0. The number of rotatable bonds is 0. The summed E-state index contributed by atoms with van der Waals surface area (Å²) in [5, 5.41) is 93.0. The van der Waals surface area contributed by atoms with Gasteiger partial charge in [0.25, 0.3) is 0 Å². The summed E-state index contributed by atoms with van der Waals surface area (Å²) in [5.74, 6) is 0. The van der Waals surface area contributed by atoms with Gasteiger partial charge in [-0.2, -0.15) is 0 Å². The van der Waals surface area contributed by atoms with Gasteiger partial charge in [0, 0.05) is 7.11 Å². The zero-order valence-corrected chi connectivity index (χ0v) is 9.12. The van der Waals surface area contributed by atoms with Gasteiger partial charge in [-0.3, -0.25) is 0 Å². The van der Waals surface area contributed by atoms with Gasteiger partial charge in [0.05, 0.1) is 0 Å². The van der Waals surface area contributed by atoms with E-state index in [1.54, 1.807) is 0 Å². The molecule has 0 aromatic heterocycles. The van der Waals surface area contributed by atoms with Crippen LogP contribution in [-0.2, 0) is 0 Å². The van der Waals surface area contributed by atoms with Crippen molar-refractivity contribution >= 4 is 48.1 Å². The molecular weight excluding hydrogens is 270 g/mol. The summed E-state index contributed by atoms with van der Waals surface area (Å²) >= 11 is 0. The number of aliphatic hydroxyl groups is 1. The molecule has 112 valence electrons. The van der Waals surface area contributed by atoms with Crippen LogP contribution in [0.4, 0.5) is 0 Å². The Balaban J connectivity index is -0.0000000279. The summed E-state index contributed by atoms with van der Waals surface area (Å²) in [6.07, 6.45) is 0. The van der Waals surface area contributed by atoms with Crippen molar-refractivity contribution in [1.29, 1.82) is 0 Å². The van der Waals surface area contributed by atoms with Gasteiger partial charge in [-0.15, -0.1) is 0 Å². The van der Waals surface area contributed by atoms with E-state index in [9.17, 15) is 0 Å². The van der Waals surface area contributed by atoms with E-state index in [4.69, 9.17) is 65.4 Å². The molecule has 0 saturated heterocycles. The second-order valence-electron chi connectivity index (χ2n) is 1.39. The molecule has 0 aromatic rings. The topological polar surface area (TPSA) is 263 Å². The maximum atomic E-state index is 7.17. The Hall–Kier alpha value is 0.337. The Bertz CT molecular complexity index is 67.6. The molecule has 0 fully saturated rings. The normalized spacial score (nSPS) is 6.00. The van der Waals surface area contributed by atoms with Crippen molar-refractivity contribution in [3.05, 3.63) is 0 Å². The van der Waals surface area contributed by atoms with Crippen LogP contribution in [0.15, 0.2) is 0 Å². The Kier molecular flexibility index (Phi) is 69.7. The molecule has 0 bridgehead atoms. The molecule has 13 nitrogen and oxygen atoms in total. The van der Waals surface area contributed by atoms with E-state index in [0.29, 0.717) is 0 Å². The summed E-state index contributed by atoms with van der Waals surface area (Å²) in [6, 6.07) is 0. The van der Waals surface area contributed by atoms with E-state index in [1.165, 1.54) is 0 Å². The van der Waals surface area contributed by atoms with Crippen molar-refractivity contribution < 1.29 is 65.4 Å². The molecule has 13 N–H and O–H groups in total. The maximum absolute atomic E-state index is 7.17. The number of aliphatic hydroxyl groups excluding tert-OH is 1. The molecule has 0 atom stereocenters. The number of hydrogen-bond donors (Lipinski definition) is 13. The van der Waals surface area contributed by atoms with Crippen LogP contribution in [0.25, 0.3) is 0 Å². The van der Waals surface area contributed by atoms with Crippen molar-refractivity contribution in [3.8, 4) is 0 Å². The van der Waals surface area contributed by atoms with E-state index < -0.39 is 29.3 Å². The molecule has 0 amide bonds. The Morgan fingerprint density at radius 1 is 0.368 bits per heavy atom. The molecule has 19 heavy (non-hydrogen) atoms. The van der Waals surface area contributed by atoms with Crippen LogP contribution in [0.2, 0.25) is 0 Å². The van der Waals surface area contributed by atoms with E-state index in [2.05, 4.69) is 0 Å². The van der Waals surface area contributed by atoms with Gasteiger partial charge in [0.2, 0.25) is 0 Å². The monoisotopic (exact) mass is 288 g/mol. The van der Waals surface area contributed by atoms with Gasteiger partial charge in [-0.1, -0.05) is 0 Å². The first kappa shape index (κ1) is 36.6. The summed E-state index contributed by atoms with van der Waals surface area (Å²) in [7, 11) is -7.67.